The summed E-state index contributed by atoms with van der Waals surface area (Å²) in [6, 6.07) is 8.11. The number of rotatable bonds is 4. The first-order chi connectivity index (χ1) is 11.1. The Balaban J connectivity index is 1.50. The van der Waals surface area contributed by atoms with Crippen LogP contribution in [0.25, 0.3) is 11.0 Å². The van der Waals surface area contributed by atoms with Crippen molar-refractivity contribution in [3.63, 3.8) is 0 Å². The molecule has 6 heteroatoms. The second-order valence-electron chi connectivity index (χ2n) is 6.42. The third-order valence-corrected chi connectivity index (χ3v) is 4.62. The molecule has 0 saturated carbocycles. The summed E-state index contributed by atoms with van der Waals surface area (Å²) in [5.74, 6) is 0.956. The van der Waals surface area contributed by atoms with Crippen molar-refractivity contribution in [2.45, 2.75) is 32.0 Å². The lowest BCUT2D eigenvalue weighted by Crippen LogP contribution is -2.37. The van der Waals surface area contributed by atoms with E-state index in [2.05, 4.69) is 21.3 Å². The van der Waals surface area contributed by atoms with Crippen LogP contribution in [0, 0.1) is 6.92 Å². The van der Waals surface area contributed by atoms with E-state index in [-0.39, 0.29) is 0 Å². The van der Waals surface area contributed by atoms with Crippen LogP contribution in [-0.2, 0) is 13.1 Å². The Hall–Kier alpha value is -2.18. The van der Waals surface area contributed by atoms with Crippen LogP contribution in [-0.4, -0.2) is 43.7 Å². The van der Waals surface area contributed by atoms with Crippen LogP contribution in [0.4, 0.5) is 0 Å². The zero-order valence-corrected chi connectivity index (χ0v) is 13.1. The van der Waals surface area contributed by atoms with Gasteiger partial charge in [0, 0.05) is 36.8 Å². The third kappa shape index (κ3) is 2.75. The van der Waals surface area contributed by atoms with E-state index in [9.17, 15) is 5.11 Å². The number of furan rings is 1. The Morgan fingerprint density at radius 3 is 3.04 bits per heavy atom. The molecular formula is C17H20N4O2. The molecule has 0 aliphatic carbocycles. The molecular weight excluding hydrogens is 292 g/mol. The Bertz CT molecular complexity index is 811. The molecule has 1 N–H and O–H groups in total. The largest absolute Gasteiger partial charge is 0.461 e. The standard InChI is InChI=1S/C17H20N4O2/c1-13-15(14-4-2-3-5-16(14)23-13)10-20-8-6-17(22,11-20)12-21-9-7-18-19-21/h2-5,7,9,22H,6,8,10-12H2,1H3. The van der Waals surface area contributed by atoms with Crippen molar-refractivity contribution in [2.24, 2.45) is 0 Å². The highest BCUT2D eigenvalue weighted by atomic mass is 16.3. The van der Waals surface area contributed by atoms with Crippen LogP contribution in [0.1, 0.15) is 17.7 Å². The van der Waals surface area contributed by atoms with Crippen molar-refractivity contribution in [3.05, 3.63) is 48.0 Å². The highest BCUT2D eigenvalue weighted by Gasteiger charge is 2.37. The van der Waals surface area contributed by atoms with Crippen LogP contribution >= 0.6 is 0 Å². The zero-order chi connectivity index (χ0) is 15.9. The minimum atomic E-state index is -0.749. The number of β-amino-alcohol motifs (C(OH)–C–C–N with tert-alkyl or cyclic N) is 1. The molecule has 0 amide bonds. The van der Waals surface area contributed by atoms with E-state index in [1.54, 1.807) is 17.1 Å². The average molecular weight is 312 g/mol. The van der Waals surface area contributed by atoms with Gasteiger partial charge in [0.1, 0.15) is 11.3 Å². The van der Waals surface area contributed by atoms with Crippen LogP contribution in [0.5, 0.6) is 0 Å². The molecule has 0 spiro atoms. The second kappa shape index (κ2) is 5.47. The van der Waals surface area contributed by atoms with Crippen molar-refractivity contribution in [2.75, 3.05) is 13.1 Å². The smallest absolute Gasteiger partial charge is 0.134 e. The third-order valence-electron chi connectivity index (χ3n) is 4.62. The van der Waals surface area contributed by atoms with Gasteiger partial charge in [-0.2, -0.15) is 0 Å². The lowest BCUT2D eigenvalue weighted by Gasteiger charge is -2.23. The number of benzene rings is 1. The van der Waals surface area contributed by atoms with Gasteiger partial charge in [0.05, 0.1) is 18.3 Å². The number of aryl methyl sites for hydroxylation is 1. The molecule has 0 radical (unpaired) electrons. The van der Waals surface area contributed by atoms with Gasteiger partial charge in [0.15, 0.2) is 0 Å². The minimum absolute atomic E-state index is 0.481. The van der Waals surface area contributed by atoms with Gasteiger partial charge >= 0.3 is 0 Å². The quantitative estimate of drug-likeness (QED) is 0.798. The lowest BCUT2D eigenvalue weighted by molar-refractivity contribution is 0.0274. The zero-order valence-electron chi connectivity index (χ0n) is 13.1. The highest BCUT2D eigenvalue weighted by molar-refractivity contribution is 5.82. The monoisotopic (exact) mass is 312 g/mol. The first-order valence-corrected chi connectivity index (χ1v) is 7.89. The molecule has 0 bridgehead atoms. The van der Waals surface area contributed by atoms with Gasteiger partial charge in [-0.15, -0.1) is 5.10 Å². The van der Waals surface area contributed by atoms with Gasteiger partial charge in [-0.3, -0.25) is 4.90 Å². The summed E-state index contributed by atoms with van der Waals surface area (Å²) in [5, 5.41) is 19.7. The Labute approximate surface area is 134 Å². The van der Waals surface area contributed by atoms with Crippen LogP contribution in [0.3, 0.4) is 0 Å². The molecule has 4 rings (SSSR count). The van der Waals surface area contributed by atoms with Crippen molar-refractivity contribution >= 4 is 11.0 Å². The summed E-state index contributed by atoms with van der Waals surface area (Å²) in [4.78, 5) is 2.28. The van der Waals surface area contributed by atoms with Gasteiger partial charge in [-0.25, -0.2) is 4.68 Å². The average Bonchev–Trinajstić information content (AvgIpc) is 3.22. The molecule has 1 saturated heterocycles. The Kier molecular flexibility index (Phi) is 3.43. The summed E-state index contributed by atoms with van der Waals surface area (Å²) >= 11 is 0. The van der Waals surface area contributed by atoms with Crippen LogP contribution in [0.15, 0.2) is 41.1 Å². The molecule has 120 valence electrons. The number of likely N-dealkylation sites (tertiary alicyclic amines) is 1. The molecule has 2 aromatic heterocycles. The number of nitrogens with zero attached hydrogens (tertiary/aromatic N) is 4. The normalized spacial score (nSPS) is 22.2. The van der Waals surface area contributed by atoms with Crippen LogP contribution < -0.4 is 0 Å². The summed E-state index contributed by atoms with van der Waals surface area (Å²) in [6.07, 6.45) is 4.16. The number of aromatic nitrogens is 3. The van der Waals surface area contributed by atoms with E-state index >= 15 is 0 Å². The minimum Gasteiger partial charge on any atom is -0.461 e. The fourth-order valence-electron chi connectivity index (χ4n) is 3.46. The molecule has 1 aromatic carbocycles. The van der Waals surface area contributed by atoms with Gasteiger partial charge < -0.3 is 9.52 Å². The summed E-state index contributed by atoms with van der Waals surface area (Å²) in [5.41, 5.74) is 1.39. The fourth-order valence-corrected chi connectivity index (χ4v) is 3.46. The number of hydrogen-bond acceptors (Lipinski definition) is 5. The SMILES string of the molecule is Cc1oc2ccccc2c1CN1CCC(O)(Cn2ccnn2)C1. The molecule has 1 atom stereocenters. The number of aliphatic hydroxyl groups is 1. The van der Waals surface area contributed by atoms with Gasteiger partial charge in [-0.1, -0.05) is 23.4 Å². The van der Waals surface area contributed by atoms with E-state index in [0.717, 1.165) is 36.2 Å². The maximum atomic E-state index is 10.8. The molecule has 23 heavy (non-hydrogen) atoms. The first kappa shape index (κ1) is 14.4. The van der Waals surface area contributed by atoms with E-state index in [1.165, 1.54) is 5.56 Å². The molecule has 3 heterocycles. The predicted octanol–water partition coefficient (Wildman–Crippen LogP) is 1.97. The maximum Gasteiger partial charge on any atom is 0.134 e. The van der Waals surface area contributed by atoms with Crippen molar-refractivity contribution in [3.8, 4) is 0 Å². The van der Waals surface area contributed by atoms with Crippen molar-refractivity contribution in [1.29, 1.82) is 0 Å². The Morgan fingerprint density at radius 1 is 1.35 bits per heavy atom. The van der Waals surface area contributed by atoms with Gasteiger partial charge in [0.2, 0.25) is 0 Å². The molecule has 1 unspecified atom stereocenters. The fraction of sp³-hybridized carbons (Fsp3) is 0.412. The molecule has 1 aliphatic rings. The Morgan fingerprint density at radius 2 is 2.22 bits per heavy atom. The van der Waals surface area contributed by atoms with E-state index in [0.29, 0.717) is 13.1 Å². The molecule has 3 aromatic rings. The van der Waals surface area contributed by atoms with Gasteiger partial charge in [0.25, 0.3) is 0 Å². The molecule has 1 aliphatic heterocycles. The van der Waals surface area contributed by atoms with Crippen molar-refractivity contribution in [1.82, 2.24) is 19.9 Å². The lowest BCUT2D eigenvalue weighted by atomic mass is 10.0. The summed E-state index contributed by atoms with van der Waals surface area (Å²) in [6.45, 7) is 4.78. The maximum absolute atomic E-state index is 10.8. The molecule has 6 nitrogen and oxygen atoms in total. The topological polar surface area (TPSA) is 67.3 Å². The molecule has 1 fully saturated rings. The number of hydrogen-bond donors (Lipinski definition) is 1. The summed E-state index contributed by atoms with van der Waals surface area (Å²) < 4.78 is 7.53. The van der Waals surface area contributed by atoms with Gasteiger partial charge in [-0.05, 0) is 19.4 Å². The predicted molar refractivity (Wildman–Crippen MR) is 85.8 cm³/mol. The first-order valence-electron chi connectivity index (χ1n) is 7.89. The van der Waals surface area contributed by atoms with E-state index in [4.69, 9.17) is 4.42 Å². The van der Waals surface area contributed by atoms with Crippen molar-refractivity contribution < 1.29 is 9.52 Å². The van der Waals surface area contributed by atoms with Crippen LogP contribution in [0.2, 0.25) is 0 Å². The number of para-hydroxylation sites is 1. The summed E-state index contributed by atoms with van der Waals surface area (Å²) in [7, 11) is 0. The van der Waals surface area contributed by atoms with E-state index < -0.39 is 5.60 Å². The highest BCUT2D eigenvalue weighted by Crippen LogP contribution is 2.30. The number of fused-ring (bicyclic) bond motifs is 1. The second-order valence-corrected chi connectivity index (χ2v) is 6.42. The van der Waals surface area contributed by atoms with E-state index in [1.807, 2.05) is 25.1 Å².